The highest BCUT2D eigenvalue weighted by atomic mass is 32.2. The summed E-state index contributed by atoms with van der Waals surface area (Å²) in [5.74, 6) is 0.991. The van der Waals surface area contributed by atoms with E-state index in [1.165, 1.54) is 25.0 Å². The van der Waals surface area contributed by atoms with Gasteiger partial charge in [-0.3, -0.25) is 4.79 Å². The van der Waals surface area contributed by atoms with E-state index in [9.17, 15) is 13.2 Å². The molecule has 1 saturated carbocycles. The van der Waals surface area contributed by atoms with Gasteiger partial charge in [0, 0.05) is 23.9 Å². The second-order valence-electron chi connectivity index (χ2n) is 6.50. The average molecular weight is 347 g/mol. The van der Waals surface area contributed by atoms with Crippen molar-refractivity contribution in [3.63, 3.8) is 0 Å². The first-order valence-electron chi connectivity index (χ1n) is 7.90. The molecule has 7 heteroatoms. The molecule has 1 amide bonds. The number of rotatable bonds is 5. The number of hydrogen-bond donors (Lipinski definition) is 1. The van der Waals surface area contributed by atoms with E-state index in [1.54, 1.807) is 19.2 Å². The normalized spacial score (nSPS) is 14.6. The highest BCUT2D eigenvalue weighted by Gasteiger charge is 2.24. The van der Waals surface area contributed by atoms with E-state index in [0.717, 1.165) is 23.9 Å². The second kappa shape index (κ2) is 6.05. The van der Waals surface area contributed by atoms with E-state index in [1.807, 2.05) is 11.6 Å². The highest BCUT2D eigenvalue weighted by molar-refractivity contribution is 7.90. The molecule has 0 saturated heterocycles. The molecule has 0 spiro atoms. The van der Waals surface area contributed by atoms with Crippen LogP contribution < -0.4 is 5.32 Å². The molecular formula is C17H21N3O3S. The van der Waals surface area contributed by atoms with Gasteiger partial charge in [0.1, 0.15) is 5.82 Å². The molecule has 2 aromatic rings. The Morgan fingerprint density at radius 3 is 2.62 bits per heavy atom. The fraction of sp³-hybridized carbons (Fsp3) is 0.412. The molecule has 1 N–H and O–H groups in total. The van der Waals surface area contributed by atoms with Crippen molar-refractivity contribution in [3.05, 3.63) is 41.1 Å². The number of amides is 1. The maximum atomic E-state index is 12.7. The Kier molecular flexibility index (Phi) is 4.21. The molecule has 1 aromatic carbocycles. The fourth-order valence-electron chi connectivity index (χ4n) is 2.58. The van der Waals surface area contributed by atoms with Crippen molar-refractivity contribution >= 4 is 21.6 Å². The number of aryl methyl sites for hydroxylation is 2. The van der Waals surface area contributed by atoms with Gasteiger partial charge in [-0.25, -0.2) is 13.1 Å². The van der Waals surface area contributed by atoms with Crippen LogP contribution in [0.3, 0.4) is 0 Å². The summed E-state index contributed by atoms with van der Waals surface area (Å²) < 4.78 is 25.3. The van der Waals surface area contributed by atoms with Crippen molar-refractivity contribution in [2.24, 2.45) is 5.92 Å². The lowest BCUT2D eigenvalue weighted by atomic mass is 10.1. The lowest BCUT2D eigenvalue weighted by Crippen LogP contribution is -2.18. The van der Waals surface area contributed by atoms with Crippen molar-refractivity contribution in [2.45, 2.75) is 38.1 Å². The van der Waals surface area contributed by atoms with E-state index >= 15 is 0 Å². The van der Waals surface area contributed by atoms with Gasteiger partial charge in [0.05, 0.1) is 11.1 Å². The molecule has 3 rings (SSSR count). The lowest BCUT2D eigenvalue weighted by molar-refractivity contribution is 0.102. The quantitative estimate of drug-likeness (QED) is 0.901. The Bertz CT molecular complexity index is 896. The van der Waals surface area contributed by atoms with Gasteiger partial charge in [-0.1, -0.05) is 6.07 Å². The number of carbonyl (C=O) groups is 1. The van der Waals surface area contributed by atoms with Crippen LogP contribution in [0.1, 0.15) is 34.3 Å². The van der Waals surface area contributed by atoms with E-state index in [0.29, 0.717) is 17.3 Å². The van der Waals surface area contributed by atoms with Gasteiger partial charge in [-0.05, 0) is 50.3 Å². The molecule has 0 atom stereocenters. The molecule has 1 fully saturated rings. The van der Waals surface area contributed by atoms with E-state index in [2.05, 4.69) is 10.4 Å². The SMILES string of the molecule is Cc1ccc(S(C)(=O)=O)cc1C(=O)Nc1c(C)cnn1CC1CC1. The van der Waals surface area contributed by atoms with Crippen molar-refractivity contribution < 1.29 is 13.2 Å². The Morgan fingerprint density at radius 1 is 1.29 bits per heavy atom. The molecule has 6 nitrogen and oxygen atoms in total. The predicted molar refractivity (Wildman–Crippen MR) is 91.9 cm³/mol. The summed E-state index contributed by atoms with van der Waals surface area (Å²) in [5.41, 5.74) is 1.98. The summed E-state index contributed by atoms with van der Waals surface area (Å²) in [5, 5.41) is 7.22. The molecule has 1 heterocycles. The molecule has 0 radical (unpaired) electrons. The van der Waals surface area contributed by atoms with Gasteiger partial charge in [-0.2, -0.15) is 5.10 Å². The minimum atomic E-state index is -3.36. The topological polar surface area (TPSA) is 81.1 Å². The van der Waals surface area contributed by atoms with E-state index in [-0.39, 0.29) is 10.8 Å². The zero-order valence-electron chi connectivity index (χ0n) is 14.0. The molecular weight excluding hydrogens is 326 g/mol. The summed E-state index contributed by atoms with van der Waals surface area (Å²) in [6.07, 6.45) is 5.26. The summed E-state index contributed by atoms with van der Waals surface area (Å²) in [6.45, 7) is 4.48. The number of benzene rings is 1. The van der Waals surface area contributed by atoms with E-state index in [4.69, 9.17) is 0 Å². The van der Waals surface area contributed by atoms with Crippen LogP contribution in [-0.2, 0) is 16.4 Å². The van der Waals surface area contributed by atoms with Gasteiger partial charge in [0.25, 0.3) is 5.91 Å². The van der Waals surface area contributed by atoms with Gasteiger partial charge in [-0.15, -0.1) is 0 Å². The highest BCUT2D eigenvalue weighted by Crippen LogP contribution is 2.32. The Labute approximate surface area is 141 Å². The average Bonchev–Trinajstić information content (AvgIpc) is 3.25. The minimum Gasteiger partial charge on any atom is -0.307 e. The van der Waals surface area contributed by atoms with Gasteiger partial charge < -0.3 is 5.32 Å². The maximum Gasteiger partial charge on any atom is 0.257 e. The lowest BCUT2D eigenvalue weighted by Gasteiger charge is -2.12. The molecule has 1 aliphatic rings. The molecule has 128 valence electrons. The maximum absolute atomic E-state index is 12.7. The summed E-state index contributed by atoms with van der Waals surface area (Å²) in [6, 6.07) is 4.60. The first-order chi connectivity index (χ1) is 11.3. The Morgan fingerprint density at radius 2 is 2.00 bits per heavy atom. The molecule has 0 bridgehead atoms. The summed E-state index contributed by atoms with van der Waals surface area (Å²) in [4.78, 5) is 12.8. The fourth-order valence-corrected chi connectivity index (χ4v) is 3.22. The smallest absolute Gasteiger partial charge is 0.257 e. The number of sulfone groups is 1. The largest absolute Gasteiger partial charge is 0.307 e. The number of nitrogens with one attached hydrogen (secondary N) is 1. The minimum absolute atomic E-state index is 0.140. The van der Waals surface area contributed by atoms with Gasteiger partial charge >= 0.3 is 0 Å². The first kappa shape index (κ1) is 16.7. The van der Waals surface area contributed by atoms with E-state index < -0.39 is 9.84 Å². The number of aromatic nitrogens is 2. The Balaban J connectivity index is 1.89. The third-order valence-corrected chi connectivity index (χ3v) is 5.37. The van der Waals surface area contributed by atoms with Crippen LogP contribution in [0.5, 0.6) is 0 Å². The zero-order valence-corrected chi connectivity index (χ0v) is 14.9. The molecule has 0 unspecified atom stereocenters. The van der Waals surface area contributed by atoms with Crippen LogP contribution in [0.4, 0.5) is 5.82 Å². The third kappa shape index (κ3) is 3.51. The van der Waals surface area contributed by atoms with Crippen LogP contribution in [-0.4, -0.2) is 30.4 Å². The third-order valence-electron chi connectivity index (χ3n) is 4.26. The van der Waals surface area contributed by atoms with Gasteiger partial charge in [0.15, 0.2) is 9.84 Å². The number of anilines is 1. The molecule has 1 aliphatic carbocycles. The number of hydrogen-bond acceptors (Lipinski definition) is 4. The standard InChI is InChI=1S/C17H21N3O3S/c1-11-4-7-14(24(3,22)23)8-15(11)17(21)19-16-12(2)9-18-20(16)10-13-5-6-13/h4,7-9,13H,5-6,10H2,1-3H3,(H,19,21). The van der Waals surface area contributed by atoms with Gasteiger partial charge in [0.2, 0.25) is 0 Å². The van der Waals surface area contributed by atoms with Crippen LogP contribution in [0, 0.1) is 19.8 Å². The first-order valence-corrected chi connectivity index (χ1v) is 9.79. The van der Waals surface area contributed by atoms with Crippen molar-refractivity contribution in [2.75, 3.05) is 11.6 Å². The monoisotopic (exact) mass is 347 g/mol. The van der Waals surface area contributed by atoms with Crippen LogP contribution in [0.2, 0.25) is 0 Å². The second-order valence-corrected chi connectivity index (χ2v) is 8.52. The van der Waals surface area contributed by atoms with Crippen molar-refractivity contribution in [1.82, 2.24) is 9.78 Å². The predicted octanol–water partition coefficient (Wildman–Crippen LogP) is 2.57. The van der Waals surface area contributed by atoms with Crippen molar-refractivity contribution in [1.29, 1.82) is 0 Å². The summed E-state index contributed by atoms with van der Waals surface area (Å²) in [7, 11) is -3.36. The van der Waals surface area contributed by atoms with Crippen LogP contribution >= 0.6 is 0 Å². The van der Waals surface area contributed by atoms with Crippen LogP contribution in [0.25, 0.3) is 0 Å². The molecule has 1 aromatic heterocycles. The number of carbonyl (C=O) groups excluding carboxylic acids is 1. The zero-order chi connectivity index (χ0) is 17.5. The summed E-state index contributed by atoms with van der Waals surface area (Å²) >= 11 is 0. The molecule has 0 aliphatic heterocycles. The number of nitrogens with zero attached hydrogens (tertiary/aromatic N) is 2. The van der Waals surface area contributed by atoms with Crippen LogP contribution in [0.15, 0.2) is 29.3 Å². The molecule has 24 heavy (non-hydrogen) atoms. The Hall–Kier alpha value is -2.15. The van der Waals surface area contributed by atoms with Crippen molar-refractivity contribution in [3.8, 4) is 0 Å².